The highest BCUT2D eigenvalue weighted by Crippen LogP contribution is 2.45. The maximum absolute atomic E-state index is 14.6. The number of fused-ring (bicyclic) bond motifs is 1. The number of nitrogens with one attached hydrogen (secondary N) is 1. The third-order valence-corrected chi connectivity index (χ3v) is 7.29. The van der Waals surface area contributed by atoms with Crippen molar-refractivity contribution < 1.29 is 18.4 Å². The highest BCUT2D eigenvalue weighted by Gasteiger charge is 2.45. The smallest absolute Gasteiger partial charge is 0.290 e. The van der Waals surface area contributed by atoms with E-state index in [2.05, 4.69) is 10.3 Å². The molecule has 9 nitrogen and oxygen atoms in total. The SMILES string of the molecule is CC1CCN1c1nc(N2CCN(C(=O)CC(=O)N3CCNCC3)CC2)c2c(n1)C(F)(F)CC2. The summed E-state index contributed by atoms with van der Waals surface area (Å²) in [6.45, 7) is 7.45. The first-order chi connectivity index (χ1) is 15.8. The van der Waals surface area contributed by atoms with Crippen LogP contribution < -0.4 is 15.1 Å². The Labute approximate surface area is 192 Å². The molecule has 11 heteroatoms. The summed E-state index contributed by atoms with van der Waals surface area (Å²) in [5.74, 6) is -2.28. The van der Waals surface area contributed by atoms with Crippen molar-refractivity contribution in [2.24, 2.45) is 0 Å². The summed E-state index contributed by atoms with van der Waals surface area (Å²) in [5, 5.41) is 3.19. The Bertz CT molecular complexity index is 930. The molecule has 1 aliphatic carbocycles. The summed E-state index contributed by atoms with van der Waals surface area (Å²) in [6.07, 6.45) is 0.896. The molecule has 33 heavy (non-hydrogen) atoms. The number of halogens is 2. The Hall–Kier alpha value is -2.56. The van der Waals surface area contributed by atoms with Crippen LogP contribution in [0.5, 0.6) is 0 Å². The van der Waals surface area contributed by atoms with Crippen LogP contribution in [0.15, 0.2) is 0 Å². The lowest BCUT2D eigenvalue weighted by molar-refractivity contribution is -0.141. The van der Waals surface area contributed by atoms with Gasteiger partial charge < -0.3 is 24.9 Å². The molecule has 1 N–H and O–H groups in total. The van der Waals surface area contributed by atoms with Crippen molar-refractivity contribution in [3.63, 3.8) is 0 Å². The maximum Gasteiger partial charge on any atom is 0.290 e. The van der Waals surface area contributed by atoms with Crippen molar-refractivity contribution in [3.05, 3.63) is 11.3 Å². The Morgan fingerprint density at radius 2 is 1.67 bits per heavy atom. The number of carbonyl (C=O) groups is 2. The van der Waals surface area contributed by atoms with Crippen molar-refractivity contribution in [2.75, 3.05) is 68.7 Å². The first kappa shape index (κ1) is 22.2. The lowest BCUT2D eigenvalue weighted by Gasteiger charge is -2.40. The number of carbonyl (C=O) groups excluding carboxylic acids is 2. The number of alkyl halides is 2. The van der Waals surface area contributed by atoms with Gasteiger partial charge in [-0.3, -0.25) is 9.59 Å². The number of hydrogen-bond donors (Lipinski definition) is 1. The topological polar surface area (TPSA) is 84.9 Å². The average Bonchev–Trinajstić information content (AvgIpc) is 3.12. The lowest BCUT2D eigenvalue weighted by Crippen LogP contribution is -2.52. The van der Waals surface area contributed by atoms with Crippen LogP contribution in [0, 0.1) is 0 Å². The third kappa shape index (κ3) is 4.22. The summed E-state index contributed by atoms with van der Waals surface area (Å²) in [6, 6.07) is 0.244. The molecule has 3 saturated heterocycles. The van der Waals surface area contributed by atoms with E-state index in [0.29, 0.717) is 56.6 Å². The van der Waals surface area contributed by atoms with Gasteiger partial charge in [-0.25, -0.2) is 4.98 Å². The van der Waals surface area contributed by atoms with E-state index in [1.165, 1.54) is 0 Å². The average molecular weight is 464 g/mol. The molecule has 0 saturated carbocycles. The van der Waals surface area contributed by atoms with Crippen molar-refractivity contribution in [1.29, 1.82) is 0 Å². The fourth-order valence-corrected chi connectivity index (χ4v) is 5.03. The molecule has 4 aliphatic rings. The Kier molecular flexibility index (Phi) is 5.84. The van der Waals surface area contributed by atoms with Crippen LogP contribution in [0.3, 0.4) is 0 Å². The lowest BCUT2D eigenvalue weighted by atomic mass is 10.1. The monoisotopic (exact) mass is 463 g/mol. The second-order valence-corrected chi connectivity index (χ2v) is 9.39. The third-order valence-electron chi connectivity index (χ3n) is 7.29. The number of aromatic nitrogens is 2. The molecule has 0 bridgehead atoms. The molecule has 3 aliphatic heterocycles. The summed E-state index contributed by atoms with van der Waals surface area (Å²) in [5.41, 5.74) is 0.396. The van der Waals surface area contributed by atoms with Crippen LogP contribution in [0.1, 0.15) is 37.4 Å². The minimum atomic E-state index is -2.93. The van der Waals surface area contributed by atoms with Crippen LogP contribution in [0.25, 0.3) is 0 Å². The van der Waals surface area contributed by atoms with E-state index in [-0.39, 0.29) is 42.8 Å². The van der Waals surface area contributed by atoms with Gasteiger partial charge in [0.25, 0.3) is 5.92 Å². The van der Waals surface area contributed by atoms with E-state index in [4.69, 9.17) is 4.98 Å². The van der Waals surface area contributed by atoms with Gasteiger partial charge in [0.1, 0.15) is 17.9 Å². The number of amides is 2. The van der Waals surface area contributed by atoms with E-state index in [0.717, 1.165) is 26.1 Å². The molecule has 1 aromatic heterocycles. The highest BCUT2D eigenvalue weighted by molar-refractivity contribution is 5.97. The van der Waals surface area contributed by atoms with Crippen LogP contribution in [-0.4, -0.2) is 96.5 Å². The van der Waals surface area contributed by atoms with Crippen LogP contribution in [0.4, 0.5) is 20.5 Å². The zero-order valence-corrected chi connectivity index (χ0v) is 19.0. The van der Waals surface area contributed by atoms with E-state index in [1.807, 2.05) is 16.7 Å². The van der Waals surface area contributed by atoms with Gasteiger partial charge in [-0.2, -0.15) is 13.8 Å². The predicted octanol–water partition coefficient (Wildman–Crippen LogP) is 0.584. The van der Waals surface area contributed by atoms with Crippen LogP contribution >= 0.6 is 0 Å². The molecule has 5 rings (SSSR count). The molecule has 1 atom stereocenters. The molecule has 0 spiro atoms. The zero-order chi connectivity index (χ0) is 23.2. The van der Waals surface area contributed by atoms with Gasteiger partial charge >= 0.3 is 0 Å². The Morgan fingerprint density at radius 3 is 2.27 bits per heavy atom. The predicted molar refractivity (Wildman–Crippen MR) is 119 cm³/mol. The largest absolute Gasteiger partial charge is 0.353 e. The fourth-order valence-electron chi connectivity index (χ4n) is 5.03. The summed E-state index contributed by atoms with van der Waals surface area (Å²) in [4.78, 5) is 41.5. The van der Waals surface area contributed by atoms with Gasteiger partial charge in [-0.15, -0.1) is 0 Å². The number of hydrogen-bond acceptors (Lipinski definition) is 7. The number of anilines is 2. The van der Waals surface area contributed by atoms with Gasteiger partial charge in [0, 0.05) is 76.9 Å². The van der Waals surface area contributed by atoms with Crippen LogP contribution in [-0.2, 0) is 21.9 Å². The molecule has 0 radical (unpaired) electrons. The molecule has 1 aromatic rings. The molecular weight excluding hydrogens is 432 g/mol. The molecule has 1 unspecified atom stereocenters. The summed E-state index contributed by atoms with van der Waals surface area (Å²) < 4.78 is 29.1. The minimum absolute atomic E-state index is 0.119. The second-order valence-electron chi connectivity index (χ2n) is 9.39. The quantitative estimate of drug-likeness (QED) is 0.654. The first-order valence-electron chi connectivity index (χ1n) is 11.9. The maximum atomic E-state index is 14.6. The van der Waals surface area contributed by atoms with E-state index in [1.54, 1.807) is 9.80 Å². The number of rotatable bonds is 4. The standard InChI is InChI=1S/C22H31F2N7O2/c1-15-3-7-31(15)21-26-19-16(2-4-22(19,23)24)20(27-21)30-12-10-29(11-13-30)18(33)14-17(32)28-8-5-25-6-9-28/h15,25H,2-14H2,1H3. The van der Waals surface area contributed by atoms with Crippen molar-refractivity contribution >= 4 is 23.6 Å². The van der Waals surface area contributed by atoms with E-state index >= 15 is 0 Å². The number of nitrogens with zero attached hydrogens (tertiary/aromatic N) is 6. The van der Waals surface area contributed by atoms with Gasteiger partial charge in [0.15, 0.2) is 0 Å². The van der Waals surface area contributed by atoms with Gasteiger partial charge in [0.05, 0.1) is 0 Å². The van der Waals surface area contributed by atoms with Crippen molar-refractivity contribution in [1.82, 2.24) is 25.1 Å². The Balaban J connectivity index is 1.27. The molecular formula is C22H31F2N7O2. The summed E-state index contributed by atoms with van der Waals surface area (Å²) in [7, 11) is 0. The normalized spacial score (nSPS) is 24.5. The van der Waals surface area contributed by atoms with Gasteiger partial charge in [-0.05, 0) is 19.8 Å². The molecule has 180 valence electrons. The molecule has 4 heterocycles. The van der Waals surface area contributed by atoms with E-state index in [9.17, 15) is 18.4 Å². The molecule has 0 aromatic carbocycles. The van der Waals surface area contributed by atoms with Crippen molar-refractivity contribution in [3.8, 4) is 0 Å². The van der Waals surface area contributed by atoms with E-state index < -0.39 is 5.92 Å². The van der Waals surface area contributed by atoms with Crippen molar-refractivity contribution in [2.45, 2.75) is 44.6 Å². The first-order valence-corrected chi connectivity index (χ1v) is 11.9. The molecule has 3 fully saturated rings. The van der Waals surface area contributed by atoms with Gasteiger partial charge in [-0.1, -0.05) is 0 Å². The van der Waals surface area contributed by atoms with Gasteiger partial charge in [0.2, 0.25) is 17.8 Å². The zero-order valence-electron chi connectivity index (χ0n) is 19.0. The fraction of sp³-hybridized carbons (Fsp3) is 0.727. The number of piperazine rings is 2. The minimum Gasteiger partial charge on any atom is -0.353 e. The molecule has 2 amide bonds. The second kappa shape index (κ2) is 8.66. The summed E-state index contributed by atoms with van der Waals surface area (Å²) >= 11 is 0. The highest BCUT2D eigenvalue weighted by atomic mass is 19.3. The Morgan fingerprint density at radius 1 is 1.00 bits per heavy atom. The van der Waals surface area contributed by atoms with Crippen LogP contribution in [0.2, 0.25) is 0 Å².